The van der Waals surface area contributed by atoms with Crippen molar-refractivity contribution >= 4 is 0 Å². The molecule has 0 amide bonds. The van der Waals surface area contributed by atoms with Crippen LogP contribution in [0.5, 0.6) is 0 Å². The number of hydrogen-bond donors (Lipinski definition) is 4. The summed E-state index contributed by atoms with van der Waals surface area (Å²) < 4.78 is 0. The van der Waals surface area contributed by atoms with E-state index in [0.717, 1.165) is 6.42 Å². The van der Waals surface area contributed by atoms with Crippen molar-refractivity contribution in [1.82, 2.24) is 12.3 Å². The highest BCUT2D eigenvalue weighted by Crippen LogP contribution is 1.69. The summed E-state index contributed by atoms with van der Waals surface area (Å²) in [4.78, 5) is 0. The fourth-order valence-electron chi connectivity index (χ4n) is 0. The quantitative estimate of drug-likeness (QED) is 0.364. The maximum absolute atomic E-state index is 8.25. The van der Waals surface area contributed by atoms with Gasteiger partial charge in [-0.2, -0.15) is 0 Å². The third-order valence-electron chi connectivity index (χ3n) is 0.471. The van der Waals surface area contributed by atoms with Gasteiger partial charge in [0.05, 0.1) is 0 Å². The van der Waals surface area contributed by atoms with E-state index in [1.54, 1.807) is 0 Å². The molecule has 10 heavy (non-hydrogen) atoms. The van der Waals surface area contributed by atoms with E-state index in [1.165, 1.54) is 0 Å². The van der Waals surface area contributed by atoms with Crippen LogP contribution in [0.1, 0.15) is 13.3 Å². The Morgan fingerprint density at radius 1 is 1.20 bits per heavy atom. The smallest absolute Gasteiger partial charge is 0.185 e. The van der Waals surface area contributed by atoms with E-state index in [9.17, 15) is 0 Å². The average molecular weight is 163 g/mol. The molecule has 0 aromatic carbocycles. The lowest BCUT2D eigenvalue weighted by atomic mass is 10.5. The number of rotatable bonds is 1. The van der Waals surface area contributed by atoms with Crippen molar-refractivity contribution in [2.45, 2.75) is 19.6 Å². The van der Waals surface area contributed by atoms with Crippen molar-refractivity contribution < 1.29 is 27.3 Å². The van der Waals surface area contributed by atoms with Crippen LogP contribution >= 0.6 is 0 Å². The second kappa shape index (κ2) is 37.6. The minimum Gasteiger partial charge on any atom is -0.870 e. The second-order valence-corrected chi connectivity index (χ2v) is 1.06. The molecule has 0 fully saturated rings. The van der Waals surface area contributed by atoms with Crippen molar-refractivity contribution in [3.8, 4) is 0 Å². The van der Waals surface area contributed by atoms with Gasteiger partial charge in [0.2, 0.25) is 0 Å². The summed E-state index contributed by atoms with van der Waals surface area (Å²) in [5, 5.41) is 8.25. The van der Waals surface area contributed by atoms with Gasteiger partial charge in [0, 0.05) is 6.42 Å². The molecule has 0 rings (SSSR count). The Morgan fingerprint density at radius 2 is 1.30 bits per heavy atom. The zero-order valence-electron chi connectivity index (χ0n) is 6.78. The average Bonchev–Trinajstić information content (AvgIpc) is 1.38. The van der Waals surface area contributed by atoms with Gasteiger partial charge in [-0.15, -0.1) is 0 Å². The van der Waals surface area contributed by atoms with Crippen molar-refractivity contribution in [1.29, 1.82) is 0 Å². The molecule has 0 saturated heterocycles. The third-order valence-corrected chi connectivity index (χ3v) is 0.471. The second-order valence-electron chi connectivity index (χ2n) is 1.06. The maximum Gasteiger partial charge on any atom is 0.185 e. The SMILES string of the molecule is CCC([NH3+])O.[NH4+].[NH4+].[OH-].[OH-].[OH-]. The maximum atomic E-state index is 8.25. The predicted octanol–water partition coefficient (Wildman–Crippen LogP) is -0.821. The predicted molar refractivity (Wildman–Crippen MR) is 37.0 cm³/mol. The van der Waals surface area contributed by atoms with E-state index < -0.39 is 0 Å². The van der Waals surface area contributed by atoms with E-state index in [0.29, 0.717) is 0 Å². The first kappa shape index (κ1) is 53.4. The van der Waals surface area contributed by atoms with E-state index in [1.807, 2.05) is 6.92 Å². The van der Waals surface area contributed by atoms with Gasteiger partial charge < -0.3 is 39.6 Å². The molecule has 0 radical (unpaired) electrons. The minimum absolute atomic E-state index is 0. The van der Waals surface area contributed by atoms with Crippen LogP contribution in [0.4, 0.5) is 0 Å². The normalized spacial score (nSPS) is 7.50. The largest absolute Gasteiger partial charge is 0.870 e. The number of aliphatic hydroxyl groups excluding tert-OH is 1. The van der Waals surface area contributed by atoms with Gasteiger partial charge in [-0.1, -0.05) is 6.92 Å². The van der Waals surface area contributed by atoms with Crippen LogP contribution in [0, 0.1) is 0 Å². The van der Waals surface area contributed by atoms with Crippen molar-refractivity contribution in [2.24, 2.45) is 0 Å². The Kier molecular flexibility index (Phi) is 201. The van der Waals surface area contributed by atoms with Gasteiger partial charge in [0.1, 0.15) is 0 Å². The summed E-state index contributed by atoms with van der Waals surface area (Å²) >= 11 is 0. The highest BCUT2D eigenvalue weighted by atomic mass is 16.3. The van der Waals surface area contributed by atoms with Crippen LogP contribution in [-0.4, -0.2) is 27.8 Å². The monoisotopic (exact) mass is 163 g/mol. The molecule has 7 heteroatoms. The fraction of sp³-hybridized carbons (Fsp3) is 1.00. The molecular formula is C3H21N3O4. The molecule has 72 valence electrons. The molecule has 0 heterocycles. The van der Waals surface area contributed by atoms with Crippen LogP contribution in [0.15, 0.2) is 0 Å². The Bertz CT molecular complexity index is 29.7. The van der Waals surface area contributed by atoms with Crippen LogP contribution in [0.2, 0.25) is 0 Å². The van der Waals surface area contributed by atoms with E-state index in [4.69, 9.17) is 5.11 Å². The molecule has 0 bridgehead atoms. The molecule has 0 aliphatic rings. The van der Waals surface area contributed by atoms with Gasteiger partial charge in [0.25, 0.3) is 0 Å². The zero-order valence-corrected chi connectivity index (χ0v) is 6.78. The van der Waals surface area contributed by atoms with Gasteiger partial charge >= 0.3 is 0 Å². The summed E-state index contributed by atoms with van der Waals surface area (Å²) in [7, 11) is 0. The lowest BCUT2D eigenvalue weighted by Gasteiger charge is -1.87. The molecule has 1 atom stereocenters. The number of aliphatic hydroxyl groups is 1. The molecule has 0 spiro atoms. The van der Waals surface area contributed by atoms with Gasteiger partial charge in [0.15, 0.2) is 6.23 Å². The summed E-state index contributed by atoms with van der Waals surface area (Å²) in [6.07, 6.45) is 0.384. The number of quaternary nitrogens is 3. The summed E-state index contributed by atoms with van der Waals surface area (Å²) in [5.41, 5.74) is 3.31. The van der Waals surface area contributed by atoms with Crippen molar-refractivity contribution in [2.75, 3.05) is 0 Å². The summed E-state index contributed by atoms with van der Waals surface area (Å²) in [6, 6.07) is 0. The fourth-order valence-corrected chi connectivity index (χ4v) is 0. The topological polar surface area (TPSA) is 211 Å². The van der Waals surface area contributed by atoms with Crippen LogP contribution < -0.4 is 18.0 Å². The van der Waals surface area contributed by atoms with Gasteiger partial charge in [-0.05, 0) is 0 Å². The van der Waals surface area contributed by atoms with E-state index in [-0.39, 0.29) is 35.0 Å². The highest BCUT2D eigenvalue weighted by molar-refractivity contribution is 4.19. The molecule has 0 aromatic heterocycles. The first-order valence-electron chi connectivity index (χ1n) is 1.78. The molecule has 7 nitrogen and oxygen atoms in total. The molecule has 15 N–H and O–H groups in total. The third kappa shape index (κ3) is 118. The van der Waals surface area contributed by atoms with Crippen LogP contribution in [0.3, 0.4) is 0 Å². The standard InChI is InChI=1S/C3H9NO.2H3N.3H2O/c1-2-3(4)5;;;;;/h3,5H,2,4H2,1H3;2*1H3;3*1H2. The Balaban J connectivity index is -0.00000000800. The first-order chi connectivity index (χ1) is 2.27. The molecule has 1 unspecified atom stereocenters. The van der Waals surface area contributed by atoms with Crippen LogP contribution in [0.25, 0.3) is 0 Å². The summed E-state index contributed by atoms with van der Waals surface area (Å²) in [6.45, 7) is 1.89. The molecule has 0 aromatic rings. The Hall–Kier alpha value is -0.280. The summed E-state index contributed by atoms with van der Waals surface area (Å²) in [5.74, 6) is 0. The molecule has 0 aliphatic carbocycles. The Labute approximate surface area is 60.3 Å². The molecule has 0 aliphatic heterocycles. The number of hydrogen-bond acceptors (Lipinski definition) is 4. The van der Waals surface area contributed by atoms with Gasteiger partial charge in [-0.3, -0.25) is 0 Å². The van der Waals surface area contributed by atoms with Crippen molar-refractivity contribution in [3.05, 3.63) is 0 Å². The lowest BCUT2D eigenvalue weighted by molar-refractivity contribution is -0.482. The molecular weight excluding hydrogens is 142 g/mol. The van der Waals surface area contributed by atoms with Gasteiger partial charge in [-0.25, -0.2) is 0 Å². The zero-order chi connectivity index (χ0) is 4.28. The van der Waals surface area contributed by atoms with Crippen LogP contribution in [-0.2, 0) is 0 Å². The van der Waals surface area contributed by atoms with E-state index >= 15 is 0 Å². The van der Waals surface area contributed by atoms with Crippen molar-refractivity contribution in [3.63, 3.8) is 0 Å². The lowest BCUT2D eigenvalue weighted by Crippen LogP contribution is -2.60. The van der Waals surface area contributed by atoms with E-state index in [2.05, 4.69) is 5.73 Å². The Morgan fingerprint density at radius 3 is 1.30 bits per heavy atom. The molecule has 0 saturated carbocycles. The minimum atomic E-state index is -0.366. The highest BCUT2D eigenvalue weighted by Gasteiger charge is 1.86. The first-order valence-corrected chi connectivity index (χ1v) is 1.78.